The van der Waals surface area contributed by atoms with Gasteiger partial charge in [0.2, 0.25) is 11.5 Å². The van der Waals surface area contributed by atoms with Gasteiger partial charge in [0.1, 0.15) is 5.82 Å². The Kier molecular flexibility index (Phi) is 4.96. The molecule has 0 aliphatic carbocycles. The first-order valence-corrected chi connectivity index (χ1v) is 9.17. The molecule has 7 nitrogen and oxygen atoms in total. The summed E-state index contributed by atoms with van der Waals surface area (Å²) in [6, 6.07) is 8.39. The summed E-state index contributed by atoms with van der Waals surface area (Å²) in [5.41, 5.74) is 7.72. The molecule has 0 spiro atoms. The van der Waals surface area contributed by atoms with E-state index in [9.17, 15) is 22.4 Å². The summed E-state index contributed by atoms with van der Waals surface area (Å²) < 4.78 is 53.9. The van der Waals surface area contributed by atoms with E-state index in [0.717, 1.165) is 0 Å². The van der Waals surface area contributed by atoms with Crippen molar-refractivity contribution in [1.82, 2.24) is 24.1 Å². The average molecular weight is 432 g/mol. The molecule has 3 aromatic heterocycles. The molecule has 0 aliphatic rings. The third-order valence-electron chi connectivity index (χ3n) is 4.68. The van der Waals surface area contributed by atoms with E-state index in [-0.39, 0.29) is 23.0 Å². The number of aryl methyl sites for hydroxylation is 2. The van der Waals surface area contributed by atoms with Crippen LogP contribution in [0.1, 0.15) is 12.2 Å². The number of hydrogen-bond acceptors (Lipinski definition) is 5. The second-order valence-electron chi connectivity index (χ2n) is 6.95. The Morgan fingerprint density at radius 1 is 1.03 bits per heavy atom. The van der Waals surface area contributed by atoms with Gasteiger partial charge in [-0.1, -0.05) is 0 Å². The number of aromatic nitrogens is 5. The van der Waals surface area contributed by atoms with Crippen molar-refractivity contribution in [2.45, 2.75) is 19.0 Å². The number of rotatable bonds is 4. The molecule has 4 rings (SSSR count). The number of alkyl halides is 3. The van der Waals surface area contributed by atoms with Gasteiger partial charge in [-0.05, 0) is 30.3 Å². The first kappa shape index (κ1) is 20.5. The molecule has 0 atom stereocenters. The Morgan fingerprint density at radius 2 is 1.71 bits per heavy atom. The van der Waals surface area contributed by atoms with Crippen molar-refractivity contribution in [3.63, 3.8) is 0 Å². The van der Waals surface area contributed by atoms with Crippen LogP contribution in [0, 0.1) is 5.82 Å². The Balaban J connectivity index is 1.98. The average Bonchev–Trinajstić information content (AvgIpc) is 3.13. The number of nitrogen functional groups attached to an aromatic ring is 1. The maximum absolute atomic E-state index is 13.4. The van der Waals surface area contributed by atoms with E-state index in [1.807, 2.05) is 0 Å². The molecule has 160 valence electrons. The molecule has 0 saturated heterocycles. The Hall–Kier alpha value is -3.76. The van der Waals surface area contributed by atoms with E-state index in [0.29, 0.717) is 22.4 Å². The highest BCUT2D eigenvalue weighted by Crippen LogP contribution is 2.34. The summed E-state index contributed by atoms with van der Waals surface area (Å²) in [5.74, 6) is -0.583. The number of fused-ring (bicyclic) bond motifs is 1. The predicted molar refractivity (Wildman–Crippen MR) is 106 cm³/mol. The molecule has 0 bridgehead atoms. The minimum absolute atomic E-state index is 0.0480. The number of halogens is 4. The zero-order valence-electron chi connectivity index (χ0n) is 16.2. The van der Waals surface area contributed by atoms with Crippen LogP contribution in [0.2, 0.25) is 0 Å². The third kappa shape index (κ3) is 4.11. The number of nitrogens with two attached hydrogens (primary N) is 1. The van der Waals surface area contributed by atoms with Crippen LogP contribution in [0.5, 0.6) is 0 Å². The maximum Gasteiger partial charge on any atom is 0.389 e. The first-order chi connectivity index (χ1) is 14.6. The summed E-state index contributed by atoms with van der Waals surface area (Å²) >= 11 is 0. The number of hydrogen-bond donors (Lipinski definition) is 1. The van der Waals surface area contributed by atoms with Crippen LogP contribution in [0.15, 0.2) is 47.4 Å². The smallest absolute Gasteiger partial charge is 0.368 e. The van der Waals surface area contributed by atoms with E-state index in [4.69, 9.17) is 5.73 Å². The summed E-state index contributed by atoms with van der Waals surface area (Å²) in [6.07, 6.45) is -4.33. The van der Waals surface area contributed by atoms with Crippen molar-refractivity contribution in [2.75, 3.05) is 5.73 Å². The van der Waals surface area contributed by atoms with Crippen molar-refractivity contribution in [3.05, 3.63) is 64.6 Å². The van der Waals surface area contributed by atoms with Crippen LogP contribution in [0.4, 0.5) is 23.5 Å². The van der Waals surface area contributed by atoms with E-state index in [1.165, 1.54) is 39.4 Å². The molecule has 4 aromatic rings. The zero-order valence-corrected chi connectivity index (χ0v) is 16.2. The molecule has 0 radical (unpaired) electrons. The normalized spacial score (nSPS) is 11.9. The van der Waals surface area contributed by atoms with Gasteiger partial charge in [-0.2, -0.15) is 17.7 Å². The lowest BCUT2D eigenvalue weighted by atomic mass is 10.0. The van der Waals surface area contributed by atoms with Crippen molar-refractivity contribution < 1.29 is 17.6 Å². The Labute approximate surface area is 172 Å². The Morgan fingerprint density at radius 3 is 2.35 bits per heavy atom. The summed E-state index contributed by atoms with van der Waals surface area (Å²) in [7, 11) is 1.56. The standard InChI is InChI=1S/C20H16F4N6O/c1-29-10-12(4-7-15(29)31)16-17(11-2-5-13(21)6-3-11)27-19(25)30-18(16)26-14(28-30)8-9-20(22,23)24/h2-7,10H,8-9H2,1H3,(H2,25,27). The van der Waals surface area contributed by atoms with Gasteiger partial charge < -0.3 is 10.3 Å². The Bertz CT molecular complexity index is 1320. The molecule has 1 aromatic carbocycles. The molecule has 11 heteroatoms. The highest BCUT2D eigenvalue weighted by atomic mass is 19.4. The lowest BCUT2D eigenvalue weighted by Crippen LogP contribution is -2.14. The molecular formula is C20H16F4N6O. The van der Waals surface area contributed by atoms with Crippen LogP contribution in [0.25, 0.3) is 28.0 Å². The van der Waals surface area contributed by atoms with E-state index in [1.54, 1.807) is 19.3 Å². The predicted octanol–water partition coefficient (Wildman–Crippen LogP) is 3.37. The highest BCUT2D eigenvalue weighted by Gasteiger charge is 2.28. The monoisotopic (exact) mass is 432 g/mol. The highest BCUT2D eigenvalue weighted by molar-refractivity contribution is 5.90. The largest absolute Gasteiger partial charge is 0.389 e. The second-order valence-corrected chi connectivity index (χ2v) is 6.95. The molecule has 0 fully saturated rings. The van der Waals surface area contributed by atoms with Crippen LogP contribution in [0.3, 0.4) is 0 Å². The fourth-order valence-electron chi connectivity index (χ4n) is 3.18. The number of anilines is 1. The molecule has 31 heavy (non-hydrogen) atoms. The summed E-state index contributed by atoms with van der Waals surface area (Å²) in [4.78, 5) is 20.5. The SMILES string of the molecule is Cn1cc(-c2c(-c3ccc(F)cc3)nc(N)n3nc(CCC(F)(F)F)nc23)ccc1=O. The molecule has 3 heterocycles. The van der Waals surface area contributed by atoms with E-state index in [2.05, 4.69) is 15.1 Å². The van der Waals surface area contributed by atoms with Gasteiger partial charge in [-0.25, -0.2) is 14.4 Å². The molecule has 0 unspecified atom stereocenters. The van der Waals surface area contributed by atoms with Crippen LogP contribution >= 0.6 is 0 Å². The van der Waals surface area contributed by atoms with Gasteiger partial charge in [-0.15, -0.1) is 5.10 Å². The van der Waals surface area contributed by atoms with Crippen LogP contribution in [-0.4, -0.2) is 30.3 Å². The second kappa shape index (κ2) is 7.49. The van der Waals surface area contributed by atoms with Gasteiger partial charge in [0.25, 0.3) is 0 Å². The minimum Gasteiger partial charge on any atom is -0.368 e. The molecule has 2 N–H and O–H groups in total. The van der Waals surface area contributed by atoms with Crippen molar-refractivity contribution in [3.8, 4) is 22.4 Å². The van der Waals surface area contributed by atoms with Gasteiger partial charge in [0, 0.05) is 36.9 Å². The van der Waals surface area contributed by atoms with E-state index >= 15 is 0 Å². The van der Waals surface area contributed by atoms with Gasteiger partial charge in [0.05, 0.1) is 17.7 Å². The quantitative estimate of drug-likeness (QED) is 0.500. The topological polar surface area (TPSA) is 91.1 Å². The molecular weight excluding hydrogens is 416 g/mol. The number of nitrogens with zero attached hydrogens (tertiary/aromatic N) is 5. The van der Waals surface area contributed by atoms with E-state index < -0.39 is 24.8 Å². The lowest BCUT2D eigenvalue weighted by Gasteiger charge is -2.12. The van der Waals surface area contributed by atoms with Gasteiger partial charge >= 0.3 is 6.18 Å². The van der Waals surface area contributed by atoms with Crippen LogP contribution in [-0.2, 0) is 13.5 Å². The zero-order chi connectivity index (χ0) is 22.3. The van der Waals surface area contributed by atoms with Crippen molar-refractivity contribution in [2.24, 2.45) is 7.05 Å². The first-order valence-electron chi connectivity index (χ1n) is 9.17. The number of benzene rings is 1. The van der Waals surface area contributed by atoms with Crippen molar-refractivity contribution >= 4 is 11.6 Å². The third-order valence-corrected chi connectivity index (χ3v) is 4.68. The van der Waals surface area contributed by atoms with Crippen molar-refractivity contribution in [1.29, 1.82) is 0 Å². The minimum atomic E-state index is -4.36. The molecule has 0 saturated carbocycles. The van der Waals surface area contributed by atoms with Gasteiger partial charge in [-0.3, -0.25) is 4.79 Å². The maximum atomic E-state index is 13.4. The fraction of sp³-hybridized carbons (Fsp3) is 0.200. The van der Waals surface area contributed by atoms with Gasteiger partial charge in [0.15, 0.2) is 11.5 Å². The number of pyridine rings is 1. The molecule has 0 amide bonds. The summed E-state index contributed by atoms with van der Waals surface area (Å²) in [5, 5.41) is 4.08. The van der Waals surface area contributed by atoms with Crippen LogP contribution < -0.4 is 11.3 Å². The molecule has 0 aliphatic heterocycles. The lowest BCUT2D eigenvalue weighted by molar-refractivity contribution is -0.134. The fourth-order valence-corrected chi connectivity index (χ4v) is 3.18. The summed E-state index contributed by atoms with van der Waals surface area (Å²) in [6.45, 7) is 0.